The molecule has 0 saturated carbocycles. The number of amides is 3. The number of hydrogen-bond acceptors (Lipinski definition) is 4. The number of thioether (sulfide) groups is 1. The van der Waals surface area contributed by atoms with Gasteiger partial charge >= 0.3 is 6.03 Å². The van der Waals surface area contributed by atoms with E-state index in [1.807, 2.05) is 20.8 Å². The molecule has 1 aromatic heterocycles. The third kappa shape index (κ3) is 5.71. The minimum Gasteiger partial charge on any atom is -0.338 e. The molecule has 0 unspecified atom stereocenters. The molecule has 0 aliphatic rings. The number of imidazole rings is 1. The average molecular weight is 326 g/mol. The first-order valence-corrected chi connectivity index (χ1v) is 8.72. The van der Waals surface area contributed by atoms with Gasteiger partial charge in [0.1, 0.15) is 0 Å². The summed E-state index contributed by atoms with van der Waals surface area (Å²) in [4.78, 5) is 27.7. The smallest absolute Gasteiger partial charge is 0.321 e. The van der Waals surface area contributed by atoms with Gasteiger partial charge in [-0.25, -0.2) is 9.78 Å². The van der Waals surface area contributed by atoms with Gasteiger partial charge in [0.05, 0.1) is 11.4 Å². The van der Waals surface area contributed by atoms with Crippen molar-refractivity contribution in [1.82, 2.24) is 20.2 Å². The Hall–Kier alpha value is -1.50. The Morgan fingerprint density at radius 1 is 1.23 bits per heavy atom. The van der Waals surface area contributed by atoms with Crippen LogP contribution in [0.4, 0.5) is 4.79 Å². The first-order chi connectivity index (χ1) is 10.5. The number of carbonyl (C=O) groups is 2. The molecule has 0 fully saturated rings. The Bertz CT molecular complexity index is 514. The molecule has 0 aliphatic carbocycles. The van der Waals surface area contributed by atoms with Crippen molar-refractivity contribution in [2.45, 2.75) is 58.7 Å². The summed E-state index contributed by atoms with van der Waals surface area (Å²) in [6.07, 6.45) is 3.03. The number of urea groups is 1. The summed E-state index contributed by atoms with van der Waals surface area (Å²) in [7, 11) is 0. The molecule has 0 spiro atoms. The van der Waals surface area contributed by atoms with Crippen molar-refractivity contribution in [3.63, 3.8) is 0 Å². The summed E-state index contributed by atoms with van der Waals surface area (Å²) < 4.78 is 2.15. The second kappa shape index (κ2) is 9.50. The van der Waals surface area contributed by atoms with Crippen molar-refractivity contribution in [1.29, 1.82) is 0 Å². The molecule has 124 valence electrons. The highest BCUT2D eigenvalue weighted by Gasteiger charge is 2.14. The van der Waals surface area contributed by atoms with Crippen molar-refractivity contribution >= 4 is 23.7 Å². The van der Waals surface area contributed by atoms with Crippen LogP contribution in [0.2, 0.25) is 0 Å². The number of imide groups is 1. The molecule has 1 rings (SSSR count). The molecule has 0 aliphatic heterocycles. The molecule has 0 aromatic carbocycles. The van der Waals surface area contributed by atoms with Gasteiger partial charge in [-0.1, -0.05) is 32.0 Å². The highest BCUT2D eigenvalue weighted by Crippen LogP contribution is 2.21. The van der Waals surface area contributed by atoms with Crippen LogP contribution in [0.5, 0.6) is 0 Å². The van der Waals surface area contributed by atoms with Gasteiger partial charge in [-0.15, -0.1) is 0 Å². The standard InChI is InChI=1S/C15H26N4O2S/c1-5-7-9-19-12(4)11(3)17-15(19)22-10-13(20)18-14(21)16-8-6-2/h5-10H2,1-4H3,(H2,16,18,20,21). The Morgan fingerprint density at radius 2 is 1.95 bits per heavy atom. The van der Waals surface area contributed by atoms with Crippen LogP contribution in [-0.4, -0.2) is 33.8 Å². The maximum atomic E-state index is 11.8. The quantitative estimate of drug-likeness (QED) is 0.720. The zero-order valence-corrected chi connectivity index (χ0v) is 14.7. The van der Waals surface area contributed by atoms with E-state index in [2.05, 4.69) is 27.1 Å². The molecular formula is C15H26N4O2S. The van der Waals surface area contributed by atoms with Crippen molar-refractivity contribution in [2.24, 2.45) is 0 Å². The zero-order chi connectivity index (χ0) is 16.5. The highest BCUT2D eigenvalue weighted by atomic mass is 32.2. The molecule has 1 heterocycles. The number of aryl methyl sites for hydroxylation is 1. The lowest BCUT2D eigenvalue weighted by Gasteiger charge is -2.09. The van der Waals surface area contributed by atoms with Gasteiger partial charge in [-0.05, 0) is 26.7 Å². The lowest BCUT2D eigenvalue weighted by Crippen LogP contribution is -2.40. The maximum Gasteiger partial charge on any atom is 0.321 e. The van der Waals surface area contributed by atoms with Crippen LogP contribution in [0.1, 0.15) is 44.5 Å². The molecule has 22 heavy (non-hydrogen) atoms. The Kier molecular flexibility index (Phi) is 8.01. The molecule has 0 radical (unpaired) electrons. The molecule has 7 heteroatoms. The average Bonchev–Trinajstić information content (AvgIpc) is 2.75. The van der Waals surface area contributed by atoms with Gasteiger partial charge in [0.2, 0.25) is 5.91 Å². The van der Waals surface area contributed by atoms with E-state index in [0.29, 0.717) is 6.54 Å². The minimum atomic E-state index is -0.436. The fraction of sp³-hybridized carbons (Fsp3) is 0.667. The third-order valence-electron chi connectivity index (χ3n) is 3.28. The predicted molar refractivity (Wildman–Crippen MR) is 89.2 cm³/mol. The molecular weight excluding hydrogens is 300 g/mol. The third-order valence-corrected chi connectivity index (χ3v) is 4.26. The minimum absolute atomic E-state index is 0.182. The van der Waals surface area contributed by atoms with Crippen molar-refractivity contribution in [3.8, 4) is 0 Å². The number of rotatable bonds is 8. The summed E-state index contributed by atoms with van der Waals surface area (Å²) in [5.41, 5.74) is 2.12. The van der Waals surface area contributed by atoms with Gasteiger partial charge in [0.25, 0.3) is 0 Å². The topological polar surface area (TPSA) is 76.0 Å². The SMILES string of the molecule is CCCCn1c(SCC(=O)NC(=O)NCCC)nc(C)c1C. The van der Waals surface area contributed by atoms with E-state index in [4.69, 9.17) is 0 Å². The molecule has 0 saturated heterocycles. The van der Waals surface area contributed by atoms with Crippen molar-refractivity contribution in [3.05, 3.63) is 11.4 Å². The molecule has 2 N–H and O–H groups in total. The highest BCUT2D eigenvalue weighted by molar-refractivity contribution is 7.99. The second-order valence-corrected chi connectivity index (χ2v) is 6.11. The van der Waals surface area contributed by atoms with Crippen LogP contribution in [-0.2, 0) is 11.3 Å². The number of carbonyl (C=O) groups excluding carboxylic acids is 2. The molecule has 0 atom stereocenters. The fourth-order valence-electron chi connectivity index (χ4n) is 1.89. The number of nitrogens with zero attached hydrogens (tertiary/aromatic N) is 2. The number of nitrogens with one attached hydrogen (secondary N) is 2. The number of aromatic nitrogens is 2. The summed E-state index contributed by atoms with van der Waals surface area (Å²) in [6.45, 7) is 9.59. The Balaban J connectivity index is 2.55. The van der Waals surface area contributed by atoms with Crippen molar-refractivity contribution < 1.29 is 9.59 Å². The van der Waals surface area contributed by atoms with Crippen LogP contribution in [0.25, 0.3) is 0 Å². The van der Waals surface area contributed by atoms with E-state index < -0.39 is 6.03 Å². The van der Waals surface area contributed by atoms with Crippen LogP contribution >= 0.6 is 11.8 Å². The predicted octanol–water partition coefficient (Wildman–Crippen LogP) is 2.63. The van der Waals surface area contributed by atoms with E-state index in [0.717, 1.165) is 42.4 Å². The van der Waals surface area contributed by atoms with E-state index in [9.17, 15) is 9.59 Å². The van der Waals surface area contributed by atoms with Crippen LogP contribution in [0.15, 0.2) is 5.16 Å². The maximum absolute atomic E-state index is 11.8. The Labute approximate surface area is 136 Å². The summed E-state index contributed by atoms with van der Waals surface area (Å²) in [6, 6.07) is -0.436. The lowest BCUT2D eigenvalue weighted by molar-refractivity contribution is -0.117. The van der Waals surface area contributed by atoms with E-state index >= 15 is 0 Å². The van der Waals surface area contributed by atoms with E-state index in [1.54, 1.807) is 0 Å². The van der Waals surface area contributed by atoms with E-state index in [-0.39, 0.29) is 11.7 Å². The second-order valence-electron chi connectivity index (χ2n) is 5.16. The molecule has 3 amide bonds. The fourth-order valence-corrected chi connectivity index (χ4v) is 2.81. The number of unbranched alkanes of at least 4 members (excludes halogenated alkanes) is 1. The largest absolute Gasteiger partial charge is 0.338 e. The number of hydrogen-bond donors (Lipinski definition) is 2. The van der Waals surface area contributed by atoms with Crippen LogP contribution < -0.4 is 10.6 Å². The van der Waals surface area contributed by atoms with Crippen molar-refractivity contribution in [2.75, 3.05) is 12.3 Å². The summed E-state index contributed by atoms with van der Waals surface area (Å²) in [5, 5.41) is 5.78. The Morgan fingerprint density at radius 3 is 2.59 bits per heavy atom. The molecule has 0 bridgehead atoms. The monoisotopic (exact) mass is 326 g/mol. The molecule has 6 nitrogen and oxygen atoms in total. The van der Waals surface area contributed by atoms with Gasteiger partial charge in [0.15, 0.2) is 5.16 Å². The van der Waals surface area contributed by atoms with E-state index in [1.165, 1.54) is 11.8 Å². The van der Waals surface area contributed by atoms with Crippen LogP contribution in [0, 0.1) is 13.8 Å². The first kappa shape index (κ1) is 18.5. The van der Waals surface area contributed by atoms with Gasteiger partial charge < -0.3 is 9.88 Å². The van der Waals surface area contributed by atoms with Gasteiger partial charge in [-0.3, -0.25) is 10.1 Å². The normalized spacial score (nSPS) is 10.5. The summed E-state index contributed by atoms with van der Waals surface area (Å²) in [5.74, 6) is -0.124. The lowest BCUT2D eigenvalue weighted by atomic mass is 10.3. The van der Waals surface area contributed by atoms with Gasteiger partial charge in [0, 0.05) is 18.8 Å². The van der Waals surface area contributed by atoms with Crippen LogP contribution in [0.3, 0.4) is 0 Å². The molecule has 1 aromatic rings. The van der Waals surface area contributed by atoms with Gasteiger partial charge in [-0.2, -0.15) is 0 Å². The summed E-state index contributed by atoms with van der Waals surface area (Å²) >= 11 is 1.37. The zero-order valence-electron chi connectivity index (χ0n) is 13.9. The first-order valence-electron chi connectivity index (χ1n) is 7.73.